The highest BCUT2D eigenvalue weighted by Crippen LogP contribution is 2.40. The van der Waals surface area contributed by atoms with Crippen molar-refractivity contribution in [3.63, 3.8) is 0 Å². The largest absolute Gasteiger partial charge is 0.394 e. The molecule has 0 spiro atoms. The maximum Gasteiger partial charge on any atom is 0.272 e. The molecule has 5 rings (SSSR count). The lowest BCUT2D eigenvalue weighted by Gasteiger charge is -2.21. The Morgan fingerprint density at radius 3 is 3.00 bits per heavy atom. The Morgan fingerprint density at radius 1 is 1.30 bits per heavy atom. The molecule has 0 saturated heterocycles. The van der Waals surface area contributed by atoms with Crippen molar-refractivity contribution in [2.24, 2.45) is 0 Å². The van der Waals surface area contributed by atoms with Crippen LogP contribution < -0.4 is 11.3 Å². The molecule has 0 saturated carbocycles. The van der Waals surface area contributed by atoms with E-state index in [2.05, 4.69) is 20.2 Å². The molecule has 7 nitrogen and oxygen atoms in total. The molecular weight excluding hydrogens is 373 g/mol. The van der Waals surface area contributed by atoms with E-state index in [0.29, 0.717) is 47.1 Å². The second kappa shape index (κ2) is 5.77. The van der Waals surface area contributed by atoms with Crippen LogP contribution in [0.4, 0.5) is 10.1 Å². The predicted molar refractivity (Wildman–Crippen MR) is 100 cm³/mol. The van der Waals surface area contributed by atoms with Crippen LogP contribution in [0.5, 0.6) is 0 Å². The molecule has 4 heterocycles. The van der Waals surface area contributed by atoms with Gasteiger partial charge in [0.05, 0.1) is 30.6 Å². The Bertz CT molecular complexity index is 1300. The summed E-state index contributed by atoms with van der Waals surface area (Å²) in [7, 11) is 0. The summed E-state index contributed by atoms with van der Waals surface area (Å²) in [5.41, 5.74) is 9.04. The first-order valence-electron chi connectivity index (χ1n) is 8.28. The zero-order chi connectivity index (χ0) is 18.7. The first kappa shape index (κ1) is 16.2. The third-order valence-corrected chi connectivity index (χ3v) is 5.18. The van der Waals surface area contributed by atoms with E-state index >= 15 is 0 Å². The average Bonchev–Trinajstić information content (AvgIpc) is 3.15. The highest BCUT2D eigenvalue weighted by molar-refractivity contribution is 6.34. The number of nitrogens with two attached hydrogens (primary N) is 1. The summed E-state index contributed by atoms with van der Waals surface area (Å²) in [6.07, 6.45) is 2.11. The Balaban J connectivity index is 2.01. The summed E-state index contributed by atoms with van der Waals surface area (Å²) >= 11 is 6.36. The molecule has 3 aromatic heterocycles. The maximum absolute atomic E-state index is 14.1. The molecule has 4 aromatic rings. The molecule has 1 aliphatic heterocycles. The second-order valence-corrected chi connectivity index (χ2v) is 6.73. The number of nitrogens with one attached hydrogen (secondary N) is 2. The van der Waals surface area contributed by atoms with Crippen molar-refractivity contribution in [3.05, 3.63) is 50.9 Å². The van der Waals surface area contributed by atoms with Gasteiger partial charge >= 0.3 is 0 Å². The van der Waals surface area contributed by atoms with Gasteiger partial charge in [-0.25, -0.2) is 9.37 Å². The van der Waals surface area contributed by atoms with Crippen LogP contribution in [0, 0.1) is 5.82 Å². The normalized spacial score (nSPS) is 14.0. The van der Waals surface area contributed by atoms with Gasteiger partial charge in [-0.3, -0.25) is 9.89 Å². The van der Waals surface area contributed by atoms with Gasteiger partial charge in [0.25, 0.3) is 5.56 Å². The molecule has 0 bridgehead atoms. The third-order valence-electron chi connectivity index (χ3n) is 4.91. The number of pyridine rings is 2. The quantitative estimate of drug-likeness (QED) is 0.436. The fourth-order valence-electron chi connectivity index (χ4n) is 3.66. The Kier molecular flexibility index (Phi) is 3.46. The van der Waals surface area contributed by atoms with Gasteiger partial charge in [0.2, 0.25) is 0 Å². The van der Waals surface area contributed by atoms with Gasteiger partial charge < -0.3 is 15.5 Å². The Hall–Kier alpha value is -2.97. The summed E-state index contributed by atoms with van der Waals surface area (Å²) in [6.45, 7) is 0.864. The molecule has 0 aliphatic carbocycles. The second-order valence-electron chi connectivity index (χ2n) is 6.38. The summed E-state index contributed by atoms with van der Waals surface area (Å²) in [4.78, 5) is 19.6. The third kappa shape index (κ3) is 2.27. The van der Waals surface area contributed by atoms with Crippen LogP contribution in [0.2, 0.25) is 5.15 Å². The van der Waals surface area contributed by atoms with E-state index in [-0.39, 0.29) is 16.4 Å². The zero-order valence-corrected chi connectivity index (χ0v) is 14.7. The molecule has 0 fully saturated rings. The average molecular weight is 386 g/mol. The number of benzene rings is 1. The Labute approximate surface area is 156 Å². The molecule has 9 heteroatoms. The zero-order valence-electron chi connectivity index (χ0n) is 13.9. The van der Waals surface area contributed by atoms with Crippen molar-refractivity contribution in [3.8, 4) is 11.1 Å². The molecule has 27 heavy (non-hydrogen) atoms. The Morgan fingerprint density at radius 2 is 2.15 bits per heavy atom. The van der Waals surface area contributed by atoms with E-state index in [1.54, 1.807) is 6.07 Å². The SMILES string of the molecule is Nc1c(-c2ccc(F)c3[nH]ncc23)c2c3c(nc(Cl)c2[nH]c1=O)CCOC3. The number of nitrogens with zero attached hydrogens (tertiary/aromatic N) is 2. The number of aromatic amines is 2. The lowest BCUT2D eigenvalue weighted by molar-refractivity contribution is 0.110. The van der Waals surface area contributed by atoms with Crippen LogP contribution in [-0.4, -0.2) is 26.8 Å². The minimum atomic E-state index is -0.487. The smallest absolute Gasteiger partial charge is 0.272 e. The summed E-state index contributed by atoms with van der Waals surface area (Å²) in [5, 5.41) is 7.94. The number of nitrogen functional groups attached to an aromatic ring is 1. The van der Waals surface area contributed by atoms with Gasteiger partial charge in [-0.05, 0) is 11.6 Å². The van der Waals surface area contributed by atoms with E-state index in [9.17, 15) is 9.18 Å². The van der Waals surface area contributed by atoms with Crippen LogP contribution >= 0.6 is 11.6 Å². The standard InChI is InChI=1S/C18H13ClFN5O2/c19-17-16-13(9-6-27-4-3-11(9)23-17)12(14(21)18(26)24-16)7-1-2-10(20)15-8(7)5-22-25-15/h1-2,5H,3-4,6,21H2,(H,22,25)(H,24,26). The summed E-state index contributed by atoms with van der Waals surface area (Å²) in [6, 6.07) is 2.90. The number of H-pyrrole nitrogens is 2. The monoisotopic (exact) mass is 385 g/mol. The van der Waals surface area contributed by atoms with E-state index in [4.69, 9.17) is 22.1 Å². The van der Waals surface area contributed by atoms with Crippen molar-refractivity contribution < 1.29 is 9.13 Å². The number of fused-ring (bicyclic) bond motifs is 4. The minimum absolute atomic E-state index is 0.0200. The summed E-state index contributed by atoms with van der Waals surface area (Å²) < 4.78 is 19.7. The first-order valence-corrected chi connectivity index (χ1v) is 8.66. The van der Waals surface area contributed by atoms with E-state index in [1.165, 1.54) is 12.3 Å². The highest BCUT2D eigenvalue weighted by atomic mass is 35.5. The van der Waals surface area contributed by atoms with E-state index in [0.717, 1.165) is 11.3 Å². The fraction of sp³-hybridized carbons (Fsp3) is 0.167. The van der Waals surface area contributed by atoms with Gasteiger partial charge in [-0.1, -0.05) is 17.7 Å². The number of ether oxygens (including phenoxy) is 1. The van der Waals surface area contributed by atoms with Gasteiger partial charge in [0, 0.05) is 28.3 Å². The van der Waals surface area contributed by atoms with E-state index < -0.39 is 11.4 Å². The van der Waals surface area contributed by atoms with Gasteiger partial charge in [0.1, 0.15) is 17.0 Å². The van der Waals surface area contributed by atoms with Crippen molar-refractivity contribution in [1.29, 1.82) is 0 Å². The molecular formula is C18H13ClFN5O2. The molecule has 0 unspecified atom stereocenters. The van der Waals surface area contributed by atoms with Crippen LogP contribution in [-0.2, 0) is 17.8 Å². The molecule has 4 N–H and O–H groups in total. The molecule has 0 amide bonds. The topological polar surface area (TPSA) is 110 Å². The predicted octanol–water partition coefficient (Wildman–Crippen LogP) is 2.91. The van der Waals surface area contributed by atoms with E-state index in [1.807, 2.05) is 0 Å². The highest BCUT2D eigenvalue weighted by Gasteiger charge is 2.24. The number of anilines is 1. The van der Waals surface area contributed by atoms with Crippen LogP contribution in [0.15, 0.2) is 23.1 Å². The molecule has 1 aliphatic rings. The number of hydrogen-bond acceptors (Lipinski definition) is 5. The van der Waals surface area contributed by atoms with Crippen LogP contribution in [0.25, 0.3) is 32.9 Å². The molecule has 0 radical (unpaired) electrons. The molecule has 136 valence electrons. The van der Waals surface area contributed by atoms with Crippen molar-refractivity contribution in [1.82, 2.24) is 20.2 Å². The number of halogens is 2. The van der Waals surface area contributed by atoms with Gasteiger partial charge in [0.15, 0.2) is 5.15 Å². The first-order chi connectivity index (χ1) is 13.1. The van der Waals surface area contributed by atoms with Crippen molar-refractivity contribution in [2.45, 2.75) is 13.0 Å². The van der Waals surface area contributed by atoms with Gasteiger partial charge in [-0.2, -0.15) is 5.10 Å². The molecule has 0 atom stereocenters. The number of aromatic nitrogens is 4. The number of hydrogen-bond donors (Lipinski definition) is 3. The fourth-order valence-corrected chi connectivity index (χ4v) is 3.91. The van der Waals surface area contributed by atoms with Crippen molar-refractivity contribution in [2.75, 3.05) is 12.3 Å². The summed E-state index contributed by atoms with van der Waals surface area (Å²) in [5.74, 6) is -0.441. The minimum Gasteiger partial charge on any atom is -0.394 e. The van der Waals surface area contributed by atoms with Gasteiger partial charge in [-0.15, -0.1) is 0 Å². The van der Waals surface area contributed by atoms with Crippen LogP contribution in [0.3, 0.4) is 0 Å². The van der Waals surface area contributed by atoms with Crippen LogP contribution in [0.1, 0.15) is 11.3 Å². The molecule has 1 aromatic carbocycles. The van der Waals surface area contributed by atoms with Crippen molar-refractivity contribution >= 4 is 39.1 Å². The lowest BCUT2D eigenvalue weighted by atomic mass is 9.93. The lowest BCUT2D eigenvalue weighted by Crippen LogP contribution is -2.18. The maximum atomic E-state index is 14.1. The number of rotatable bonds is 1.